The van der Waals surface area contributed by atoms with Gasteiger partial charge in [-0.2, -0.15) is 4.39 Å². The number of amides is 2. The van der Waals surface area contributed by atoms with Gasteiger partial charge in [0, 0.05) is 59.6 Å². The molecule has 3 N–H and O–H groups in total. The van der Waals surface area contributed by atoms with Gasteiger partial charge >= 0.3 is 0 Å². The number of carbonyl (C=O) groups excluding carboxylic acids is 2. The van der Waals surface area contributed by atoms with Crippen LogP contribution in [0, 0.1) is 11.9 Å². The van der Waals surface area contributed by atoms with Crippen molar-refractivity contribution in [3.63, 3.8) is 0 Å². The summed E-state index contributed by atoms with van der Waals surface area (Å²) in [5.41, 5.74) is 4.10. The number of aromatic nitrogens is 3. The monoisotopic (exact) mass is 512 g/mol. The lowest BCUT2D eigenvalue weighted by atomic mass is 9.96. The molecule has 0 spiro atoms. The quantitative estimate of drug-likeness (QED) is 0.308. The molecule has 0 bridgehead atoms. The molecule has 2 aliphatic rings. The normalized spacial score (nSPS) is 19.4. The number of piperidine rings is 1. The Hall–Kier alpha value is -4.27. The number of hydrogen-bond donors (Lipinski definition) is 3. The van der Waals surface area contributed by atoms with Crippen molar-refractivity contribution in [2.75, 3.05) is 17.2 Å². The number of anilines is 2. The molecule has 1 aromatic carbocycles. The van der Waals surface area contributed by atoms with Crippen molar-refractivity contribution < 1.29 is 14.0 Å². The average molecular weight is 513 g/mol. The number of halogens is 1. The van der Waals surface area contributed by atoms with E-state index in [0.717, 1.165) is 53.5 Å². The fourth-order valence-corrected chi connectivity index (χ4v) is 5.20. The molecule has 1 aliphatic carbocycles. The van der Waals surface area contributed by atoms with Gasteiger partial charge in [0.15, 0.2) is 0 Å². The molecular formula is C29H29FN6O2. The van der Waals surface area contributed by atoms with Crippen LogP contribution in [0.25, 0.3) is 22.2 Å². The molecule has 1 aliphatic heterocycles. The van der Waals surface area contributed by atoms with E-state index in [1.807, 2.05) is 25.3 Å². The second-order valence-electron chi connectivity index (χ2n) is 10.2. The third-order valence-corrected chi connectivity index (χ3v) is 7.41. The number of carbonyl (C=O) groups is 2. The zero-order chi connectivity index (χ0) is 26.2. The minimum atomic E-state index is -0.647. The lowest BCUT2D eigenvalue weighted by Crippen LogP contribution is -2.47. The summed E-state index contributed by atoms with van der Waals surface area (Å²) < 4.78 is 13.5. The number of nitrogens with one attached hydrogen (secondary N) is 3. The SMILES string of the molecule is C[C@H]1CC(Nc2ccc(-c3cc(NC(=O)C4CC4)nc4[nH]ccc34)cc2)CCN1C(=O)c1ccnc(F)c1. The zero-order valence-electron chi connectivity index (χ0n) is 21.1. The van der Waals surface area contributed by atoms with Crippen molar-refractivity contribution in [1.82, 2.24) is 19.9 Å². The van der Waals surface area contributed by atoms with Crippen LogP contribution in [0.2, 0.25) is 0 Å². The number of hydrogen-bond acceptors (Lipinski definition) is 5. The number of nitrogens with zero attached hydrogens (tertiary/aromatic N) is 3. The molecule has 2 atom stereocenters. The van der Waals surface area contributed by atoms with Crippen LogP contribution < -0.4 is 10.6 Å². The first-order chi connectivity index (χ1) is 18.4. The van der Waals surface area contributed by atoms with Gasteiger partial charge in [0.1, 0.15) is 11.5 Å². The zero-order valence-corrected chi connectivity index (χ0v) is 21.1. The van der Waals surface area contributed by atoms with Gasteiger partial charge in [-0.3, -0.25) is 9.59 Å². The summed E-state index contributed by atoms with van der Waals surface area (Å²) in [6, 6.07) is 15.1. The molecule has 2 fully saturated rings. The predicted octanol–water partition coefficient (Wildman–Crippen LogP) is 5.22. The van der Waals surface area contributed by atoms with E-state index in [1.165, 1.54) is 12.3 Å². The van der Waals surface area contributed by atoms with Crippen LogP contribution in [0.15, 0.2) is 60.9 Å². The highest BCUT2D eigenvalue weighted by molar-refractivity contribution is 5.99. The molecule has 9 heteroatoms. The first kappa shape index (κ1) is 24.1. The smallest absolute Gasteiger partial charge is 0.254 e. The Morgan fingerprint density at radius 2 is 1.89 bits per heavy atom. The van der Waals surface area contributed by atoms with Gasteiger partial charge in [-0.25, -0.2) is 9.97 Å². The van der Waals surface area contributed by atoms with Crippen LogP contribution >= 0.6 is 0 Å². The van der Waals surface area contributed by atoms with E-state index in [-0.39, 0.29) is 29.8 Å². The molecule has 1 unspecified atom stereocenters. The second kappa shape index (κ2) is 9.89. The van der Waals surface area contributed by atoms with Crippen LogP contribution in [0.3, 0.4) is 0 Å². The van der Waals surface area contributed by atoms with Gasteiger partial charge in [0.2, 0.25) is 11.9 Å². The minimum Gasteiger partial charge on any atom is -0.382 e. The van der Waals surface area contributed by atoms with Crippen LogP contribution in [0.4, 0.5) is 15.9 Å². The summed E-state index contributed by atoms with van der Waals surface area (Å²) in [5, 5.41) is 7.56. The Morgan fingerprint density at radius 3 is 2.63 bits per heavy atom. The van der Waals surface area contributed by atoms with Gasteiger partial charge in [-0.15, -0.1) is 0 Å². The van der Waals surface area contributed by atoms with Crippen LogP contribution in [0.5, 0.6) is 0 Å². The largest absolute Gasteiger partial charge is 0.382 e. The first-order valence-corrected chi connectivity index (χ1v) is 13.0. The van der Waals surface area contributed by atoms with Gasteiger partial charge in [0.25, 0.3) is 5.91 Å². The van der Waals surface area contributed by atoms with E-state index in [9.17, 15) is 14.0 Å². The van der Waals surface area contributed by atoms with Crippen LogP contribution in [0.1, 0.15) is 43.0 Å². The van der Waals surface area contributed by atoms with Crippen molar-refractivity contribution in [3.8, 4) is 11.1 Å². The first-order valence-electron chi connectivity index (χ1n) is 13.0. The second-order valence-corrected chi connectivity index (χ2v) is 10.2. The average Bonchev–Trinajstić information content (AvgIpc) is 3.66. The Balaban J connectivity index is 1.13. The molecule has 1 saturated carbocycles. The van der Waals surface area contributed by atoms with E-state index in [0.29, 0.717) is 17.9 Å². The number of aromatic amines is 1. The fraction of sp³-hybridized carbons (Fsp3) is 0.310. The molecule has 8 nitrogen and oxygen atoms in total. The molecule has 3 aromatic heterocycles. The highest BCUT2D eigenvalue weighted by Crippen LogP contribution is 2.33. The Morgan fingerprint density at radius 1 is 1.08 bits per heavy atom. The molecule has 2 amide bonds. The third-order valence-electron chi connectivity index (χ3n) is 7.41. The highest BCUT2D eigenvalue weighted by atomic mass is 19.1. The molecule has 38 heavy (non-hydrogen) atoms. The van der Waals surface area contributed by atoms with Gasteiger partial charge in [-0.05, 0) is 74.1 Å². The summed E-state index contributed by atoms with van der Waals surface area (Å²) in [5.74, 6) is -0.117. The highest BCUT2D eigenvalue weighted by Gasteiger charge is 2.31. The molecule has 4 aromatic rings. The number of H-pyrrole nitrogens is 1. The number of likely N-dealkylation sites (tertiary alicyclic amines) is 1. The predicted molar refractivity (Wildman–Crippen MR) is 144 cm³/mol. The van der Waals surface area contributed by atoms with Crippen molar-refractivity contribution in [2.24, 2.45) is 5.92 Å². The minimum absolute atomic E-state index is 0.0206. The number of fused-ring (bicyclic) bond motifs is 1. The van der Waals surface area contributed by atoms with Gasteiger partial charge < -0.3 is 20.5 Å². The summed E-state index contributed by atoms with van der Waals surface area (Å²) in [6.45, 7) is 2.62. The lowest BCUT2D eigenvalue weighted by Gasteiger charge is -2.38. The molecular weight excluding hydrogens is 483 g/mol. The molecule has 4 heterocycles. The van der Waals surface area contributed by atoms with E-state index in [4.69, 9.17) is 0 Å². The van der Waals surface area contributed by atoms with Gasteiger partial charge in [-0.1, -0.05) is 12.1 Å². The maximum atomic E-state index is 13.5. The maximum absolute atomic E-state index is 13.5. The standard InChI is InChI=1S/C29H29FN6O2/c1-17-14-22(10-13-36(17)29(38)20-8-11-31-25(30)15-20)33-21-6-4-18(5-7-21)24-16-26(35-28(37)19-2-3-19)34-27-23(24)9-12-32-27/h4-9,11-12,15-17,19,22,33H,2-3,10,13-14H2,1H3,(H2,32,34,35,37)/t17-,22?/m0/s1. The molecule has 1 saturated heterocycles. The summed E-state index contributed by atoms with van der Waals surface area (Å²) >= 11 is 0. The van der Waals surface area contributed by atoms with E-state index in [1.54, 1.807) is 11.0 Å². The van der Waals surface area contributed by atoms with Crippen molar-refractivity contribution in [3.05, 3.63) is 72.4 Å². The Kier molecular flexibility index (Phi) is 6.27. The Labute approximate surface area is 219 Å². The fourth-order valence-electron chi connectivity index (χ4n) is 5.20. The third kappa shape index (κ3) is 4.96. The lowest BCUT2D eigenvalue weighted by molar-refractivity contribution is -0.117. The van der Waals surface area contributed by atoms with Crippen molar-refractivity contribution in [1.29, 1.82) is 0 Å². The number of pyridine rings is 2. The molecule has 6 rings (SSSR count). The summed E-state index contributed by atoms with van der Waals surface area (Å²) in [7, 11) is 0. The van der Waals surface area contributed by atoms with Crippen LogP contribution in [-0.4, -0.2) is 50.3 Å². The van der Waals surface area contributed by atoms with Crippen LogP contribution in [-0.2, 0) is 4.79 Å². The summed E-state index contributed by atoms with van der Waals surface area (Å²) in [6.07, 6.45) is 6.65. The van der Waals surface area contributed by atoms with Crippen molar-refractivity contribution >= 4 is 34.4 Å². The topological polar surface area (TPSA) is 103 Å². The van der Waals surface area contributed by atoms with E-state index >= 15 is 0 Å². The molecule has 0 radical (unpaired) electrons. The van der Waals surface area contributed by atoms with E-state index < -0.39 is 5.95 Å². The van der Waals surface area contributed by atoms with E-state index in [2.05, 4.69) is 49.9 Å². The van der Waals surface area contributed by atoms with Gasteiger partial charge in [0.05, 0.1) is 0 Å². The molecule has 194 valence electrons. The maximum Gasteiger partial charge on any atom is 0.254 e. The summed E-state index contributed by atoms with van der Waals surface area (Å²) in [4.78, 5) is 38.2. The van der Waals surface area contributed by atoms with Crippen molar-refractivity contribution in [2.45, 2.75) is 44.7 Å². The number of benzene rings is 1. The Bertz CT molecular complexity index is 1500. The number of rotatable bonds is 6.